The van der Waals surface area contributed by atoms with Crippen LogP contribution >= 0.6 is 23.5 Å². The third kappa shape index (κ3) is 4.33. The highest BCUT2D eigenvalue weighted by Crippen LogP contribution is 2.37. The molecule has 0 bridgehead atoms. The van der Waals surface area contributed by atoms with Crippen molar-refractivity contribution in [3.63, 3.8) is 0 Å². The van der Waals surface area contributed by atoms with Crippen LogP contribution in [0.4, 0.5) is 8.78 Å². The molecule has 0 aliphatic heterocycles. The first-order valence-electron chi connectivity index (χ1n) is 10.4. The first kappa shape index (κ1) is 23.2. The molecule has 0 aliphatic carbocycles. The van der Waals surface area contributed by atoms with Crippen molar-refractivity contribution in [1.82, 2.24) is 4.57 Å². The Morgan fingerprint density at radius 1 is 0.914 bits per heavy atom. The van der Waals surface area contributed by atoms with Crippen molar-refractivity contribution >= 4 is 45.4 Å². The van der Waals surface area contributed by atoms with Crippen LogP contribution in [-0.4, -0.2) is 15.9 Å². The highest BCUT2D eigenvalue weighted by atomic mass is 32.2. The van der Waals surface area contributed by atoms with E-state index in [9.17, 15) is 23.5 Å². The molecule has 5 rings (SSSR count). The minimum absolute atomic E-state index is 0.0148. The van der Waals surface area contributed by atoms with Crippen molar-refractivity contribution in [3.05, 3.63) is 105 Å². The molecule has 0 radical (unpaired) electrons. The quantitative estimate of drug-likeness (QED) is 0.231. The lowest BCUT2D eigenvalue weighted by Gasteiger charge is -2.15. The molecule has 0 aliphatic rings. The molecule has 0 saturated heterocycles. The largest absolute Gasteiger partial charge is 0.505 e. The molecule has 35 heavy (non-hydrogen) atoms. The summed E-state index contributed by atoms with van der Waals surface area (Å²) < 4.78 is 33.8. The maximum absolute atomic E-state index is 13.7. The monoisotopic (exact) mass is 509 g/mol. The fraction of sp³-hybridized carbons (Fsp3) is 0.0769. The van der Waals surface area contributed by atoms with E-state index < -0.39 is 28.6 Å². The Bertz CT molecular complexity index is 1700. The highest BCUT2D eigenvalue weighted by Gasteiger charge is 2.22. The summed E-state index contributed by atoms with van der Waals surface area (Å²) in [7, 11) is 0. The number of aromatic nitrogens is 1. The van der Waals surface area contributed by atoms with Crippen molar-refractivity contribution in [2.45, 2.75) is 21.2 Å². The molecule has 0 unspecified atom stereocenters. The van der Waals surface area contributed by atoms with Gasteiger partial charge in [-0.2, -0.15) is 0 Å². The van der Waals surface area contributed by atoms with Crippen molar-refractivity contribution in [2.75, 3.05) is 6.26 Å². The third-order valence-electron chi connectivity index (χ3n) is 5.55. The zero-order valence-corrected chi connectivity index (χ0v) is 19.9. The van der Waals surface area contributed by atoms with Gasteiger partial charge in [0.2, 0.25) is 0 Å². The van der Waals surface area contributed by atoms with Crippen molar-refractivity contribution in [1.29, 1.82) is 0 Å². The number of rotatable bonds is 5. The van der Waals surface area contributed by atoms with Crippen molar-refractivity contribution in [3.8, 4) is 5.75 Å². The molecule has 0 amide bonds. The van der Waals surface area contributed by atoms with Gasteiger partial charge < -0.3 is 14.1 Å². The Kier molecular flexibility index (Phi) is 6.12. The molecule has 2 heterocycles. The first-order chi connectivity index (χ1) is 16.9. The smallest absolute Gasteiger partial charge is 0.354 e. The summed E-state index contributed by atoms with van der Waals surface area (Å²) in [4.78, 5) is 27.7. The summed E-state index contributed by atoms with van der Waals surface area (Å²) in [6.07, 6.45) is 1.90. The van der Waals surface area contributed by atoms with Crippen LogP contribution in [0.25, 0.3) is 21.9 Å². The van der Waals surface area contributed by atoms with Crippen LogP contribution in [0, 0.1) is 11.6 Å². The normalized spacial score (nSPS) is 11.4. The molecule has 0 fully saturated rings. The summed E-state index contributed by atoms with van der Waals surface area (Å²) in [5.74, 6) is -1.33. The second kappa shape index (κ2) is 9.24. The standard InChI is InChI=1S/C26H17F2NO4S2/c1-34-18-10-11-19-20(12-18)29(13-14-2-4-15(27)5-3-14)25(31)21-22(30)24(26(32)33-23(19)21)35-17-8-6-16(28)7-9-17/h2-12,30H,13H2,1H3. The minimum atomic E-state index is -0.810. The maximum atomic E-state index is 13.7. The van der Waals surface area contributed by atoms with Gasteiger partial charge in [-0.3, -0.25) is 4.79 Å². The van der Waals surface area contributed by atoms with Gasteiger partial charge in [0.25, 0.3) is 5.56 Å². The molecular formula is C26H17F2NO4S2. The fourth-order valence-corrected chi connectivity index (χ4v) is 5.10. The molecule has 2 aromatic heterocycles. The fourth-order valence-electron chi connectivity index (χ4n) is 3.83. The van der Waals surface area contributed by atoms with E-state index in [0.29, 0.717) is 21.4 Å². The van der Waals surface area contributed by atoms with Gasteiger partial charge in [0.05, 0.1) is 12.1 Å². The van der Waals surface area contributed by atoms with Crippen molar-refractivity contribution < 1.29 is 18.3 Å². The number of hydrogen-bond donors (Lipinski definition) is 1. The Balaban J connectivity index is 1.78. The number of thioether (sulfide) groups is 1. The zero-order chi connectivity index (χ0) is 24.7. The van der Waals surface area contributed by atoms with Gasteiger partial charge in [-0.15, -0.1) is 11.8 Å². The van der Waals surface area contributed by atoms with Crippen LogP contribution in [-0.2, 0) is 6.54 Å². The highest BCUT2D eigenvalue weighted by molar-refractivity contribution is 7.99. The summed E-state index contributed by atoms with van der Waals surface area (Å²) in [5.41, 5.74) is -0.187. The Hall–Kier alpha value is -3.56. The zero-order valence-electron chi connectivity index (χ0n) is 18.2. The summed E-state index contributed by atoms with van der Waals surface area (Å²) >= 11 is 2.37. The van der Waals surface area contributed by atoms with E-state index >= 15 is 0 Å². The Morgan fingerprint density at radius 3 is 2.20 bits per heavy atom. The first-order valence-corrected chi connectivity index (χ1v) is 12.5. The summed E-state index contributed by atoms with van der Waals surface area (Å²) in [6.45, 7) is 0.113. The van der Waals surface area contributed by atoms with Gasteiger partial charge in [-0.25, -0.2) is 13.6 Å². The lowest BCUT2D eigenvalue weighted by Crippen LogP contribution is -2.23. The summed E-state index contributed by atoms with van der Waals surface area (Å²) in [6, 6.07) is 16.5. The van der Waals surface area contributed by atoms with Gasteiger partial charge in [0, 0.05) is 15.2 Å². The average molecular weight is 510 g/mol. The minimum Gasteiger partial charge on any atom is -0.505 e. The van der Waals surface area contributed by atoms with Crippen LogP contribution in [0.2, 0.25) is 0 Å². The van der Waals surface area contributed by atoms with Crippen LogP contribution < -0.4 is 11.2 Å². The predicted octanol–water partition coefficient (Wildman–Crippen LogP) is 6.01. The average Bonchev–Trinajstić information content (AvgIpc) is 2.86. The van der Waals surface area contributed by atoms with E-state index in [1.165, 1.54) is 52.7 Å². The Morgan fingerprint density at radius 2 is 1.54 bits per heavy atom. The van der Waals surface area contributed by atoms with Crippen molar-refractivity contribution in [2.24, 2.45) is 0 Å². The van der Waals surface area contributed by atoms with Crippen LogP contribution in [0.15, 0.2) is 95.4 Å². The molecule has 5 nitrogen and oxygen atoms in total. The number of hydrogen-bond acceptors (Lipinski definition) is 6. The van der Waals surface area contributed by atoms with Crippen LogP contribution in [0.3, 0.4) is 0 Å². The molecule has 5 aromatic rings. The third-order valence-corrected chi connectivity index (χ3v) is 7.34. The molecule has 3 aromatic carbocycles. The van der Waals surface area contributed by atoms with Gasteiger partial charge in [0.15, 0.2) is 11.3 Å². The molecular weight excluding hydrogens is 492 g/mol. The van der Waals surface area contributed by atoms with E-state index in [-0.39, 0.29) is 22.4 Å². The lowest BCUT2D eigenvalue weighted by atomic mass is 10.1. The van der Waals surface area contributed by atoms with E-state index in [0.717, 1.165) is 16.7 Å². The number of nitrogens with zero attached hydrogens (tertiary/aromatic N) is 1. The van der Waals surface area contributed by atoms with E-state index in [1.54, 1.807) is 18.2 Å². The lowest BCUT2D eigenvalue weighted by molar-refractivity contribution is 0.446. The van der Waals surface area contributed by atoms with Crippen LogP contribution in [0.5, 0.6) is 5.75 Å². The molecule has 0 spiro atoms. The van der Waals surface area contributed by atoms with Gasteiger partial charge >= 0.3 is 5.63 Å². The van der Waals surface area contributed by atoms with Crippen LogP contribution in [0.1, 0.15) is 5.56 Å². The van der Waals surface area contributed by atoms with Gasteiger partial charge in [0.1, 0.15) is 21.9 Å². The van der Waals surface area contributed by atoms with Gasteiger partial charge in [-0.1, -0.05) is 23.9 Å². The van der Waals surface area contributed by atoms with E-state index in [4.69, 9.17) is 4.42 Å². The summed E-state index contributed by atoms with van der Waals surface area (Å²) in [5, 5.41) is 11.4. The molecule has 0 atom stereocenters. The SMILES string of the molecule is CSc1ccc2c3oc(=O)c(Sc4ccc(F)cc4)c(O)c3c(=O)n(Cc3ccc(F)cc3)c2c1. The van der Waals surface area contributed by atoms with E-state index in [1.807, 2.05) is 18.4 Å². The second-order valence-corrected chi connectivity index (χ2v) is 9.69. The maximum Gasteiger partial charge on any atom is 0.354 e. The number of aromatic hydroxyl groups is 1. The molecule has 176 valence electrons. The molecule has 9 heteroatoms. The topological polar surface area (TPSA) is 72.4 Å². The number of fused-ring (bicyclic) bond motifs is 3. The number of halogens is 2. The number of pyridine rings is 1. The van der Waals surface area contributed by atoms with Gasteiger partial charge in [-0.05, 0) is 66.4 Å². The van der Waals surface area contributed by atoms with E-state index in [2.05, 4.69) is 0 Å². The molecule has 0 saturated carbocycles. The molecule has 1 N–H and O–H groups in total. The predicted molar refractivity (Wildman–Crippen MR) is 134 cm³/mol. The second-order valence-electron chi connectivity index (χ2n) is 7.73. The Labute approximate surface area is 206 Å². The number of benzene rings is 3.